The van der Waals surface area contributed by atoms with Gasteiger partial charge in [0, 0.05) is 34.6 Å². The van der Waals surface area contributed by atoms with Crippen molar-refractivity contribution in [2.45, 2.75) is 25.7 Å². The van der Waals surface area contributed by atoms with Crippen LogP contribution in [0.25, 0.3) is 11.3 Å². The van der Waals surface area contributed by atoms with Crippen LogP contribution in [-0.4, -0.2) is 54.4 Å². The van der Waals surface area contributed by atoms with Gasteiger partial charge in [0.15, 0.2) is 0 Å². The van der Waals surface area contributed by atoms with Crippen LogP contribution in [0.15, 0.2) is 29.7 Å². The van der Waals surface area contributed by atoms with E-state index in [0.717, 1.165) is 53.4 Å². The lowest BCUT2D eigenvalue weighted by Gasteiger charge is -2.34. The number of benzene rings is 1. The first-order valence-corrected chi connectivity index (χ1v) is 9.60. The van der Waals surface area contributed by atoms with E-state index in [2.05, 4.69) is 40.9 Å². The molecule has 0 bridgehead atoms. The van der Waals surface area contributed by atoms with Gasteiger partial charge in [-0.1, -0.05) is 5.16 Å². The Hall–Kier alpha value is -2.67. The van der Waals surface area contributed by atoms with E-state index in [1.807, 2.05) is 18.2 Å². The van der Waals surface area contributed by atoms with Crippen molar-refractivity contribution in [1.29, 1.82) is 0 Å². The van der Waals surface area contributed by atoms with E-state index in [9.17, 15) is 0 Å². The van der Waals surface area contributed by atoms with E-state index in [1.54, 1.807) is 7.11 Å². The highest BCUT2D eigenvalue weighted by atomic mass is 16.6. The summed E-state index contributed by atoms with van der Waals surface area (Å²) in [5.74, 6) is 1.75. The summed E-state index contributed by atoms with van der Waals surface area (Å²) in [7, 11) is 3.80. The quantitative estimate of drug-likeness (QED) is 0.820. The molecule has 1 fully saturated rings. The summed E-state index contributed by atoms with van der Waals surface area (Å²) >= 11 is 0. The van der Waals surface area contributed by atoms with E-state index in [4.69, 9.17) is 15.3 Å². The van der Waals surface area contributed by atoms with Crippen molar-refractivity contribution < 1.29 is 9.57 Å². The van der Waals surface area contributed by atoms with Gasteiger partial charge >= 0.3 is 0 Å². The number of rotatable bonds is 4. The highest BCUT2D eigenvalue weighted by Gasteiger charge is 2.41. The summed E-state index contributed by atoms with van der Waals surface area (Å²) in [4.78, 5) is 16.9. The number of nitrogen functional groups attached to an aromatic ring is 1. The zero-order valence-corrected chi connectivity index (χ0v) is 16.9. The fraction of sp³-hybridized carbons (Fsp3) is 0.476. The van der Waals surface area contributed by atoms with Gasteiger partial charge in [-0.15, -0.1) is 0 Å². The molecule has 148 valence electrons. The van der Waals surface area contributed by atoms with Gasteiger partial charge in [0.1, 0.15) is 24.5 Å². The first-order chi connectivity index (χ1) is 13.4. The third-order valence-corrected chi connectivity index (χ3v) is 5.79. The number of anilines is 1. The van der Waals surface area contributed by atoms with Crippen LogP contribution >= 0.6 is 0 Å². The van der Waals surface area contributed by atoms with Gasteiger partial charge in [0.05, 0.1) is 18.5 Å². The molecule has 0 saturated carbocycles. The van der Waals surface area contributed by atoms with Gasteiger partial charge in [0.25, 0.3) is 0 Å². The maximum atomic E-state index is 6.26. The van der Waals surface area contributed by atoms with E-state index >= 15 is 0 Å². The first-order valence-electron chi connectivity index (χ1n) is 9.60. The maximum absolute atomic E-state index is 6.26. The van der Waals surface area contributed by atoms with Crippen LogP contribution < -0.4 is 10.5 Å². The Kier molecular flexibility index (Phi) is 4.71. The SMILES string of the molecule is COc1ccc2c(c1)/C(=N\OC[C@H]1CCN(C)C1)C(C)(C)c1c(N)ncnc1-2. The van der Waals surface area contributed by atoms with Crippen LogP contribution in [0.2, 0.25) is 0 Å². The number of hydrogen-bond donors (Lipinski definition) is 1. The lowest BCUT2D eigenvalue weighted by molar-refractivity contribution is 0.108. The third kappa shape index (κ3) is 3.09. The molecule has 7 heteroatoms. The molecule has 0 radical (unpaired) electrons. The van der Waals surface area contributed by atoms with Crippen LogP contribution in [0.3, 0.4) is 0 Å². The average Bonchev–Trinajstić information content (AvgIpc) is 3.08. The summed E-state index contributed by atoms with van der Waals surface area (Å²) in [6.45, 7) is 6.93. The predicted molar refractivity (Wildman–Crippen MR) is 110 cm³/mol. The van der Waals surface area contributed by atoms with E-state index in [-0.39, 0.29) is 0 Å². The number of hydrogen-bond acceptors (Lipinski definition) is 7. The molecule has 2 heterocycles. The molecule has 2 N–H and O–H groups in total. The molecular weight excluding hydrogens is 354 g/mol. The molecule has 0 spiro atoms. The number of nitrogens with zero attached hydrogens (tertiary/aromatic N) is 4. The molecule has 0 unspecified atom stereocenters. The molecule has 2 aliphatic rings. The number of likely N-dealkylation sites (tertiary alicyclic amines) is 1. The van der Waals surface area contributed by atoms with Crippen molar-refractivity contribution in [2.75, 3.05) is 39.6 Å². The molecule has 1 saturated heterocycles. The van der Waals surface area contributed by atoms with Crippen molar-refractivity contribution in [3.05, 3.63) is 35.7 Å². The lowest BCUT2D eigenvalue weighted by Crippen LogP contribution is -2.36. The monoisotopic (exact) mass is 381 g/mol. The molecule has 7 nitrogen and oxygen atoms in total. The van der Waals surface area contributed by atoms with E-state index < -0.39 is 5.41 Å². The Morgan fingerprint density at radius 3 is 2.82 bits per heavy atom. The highest BCUT2D eigenvalue weighted by molar-refractivity contribution is 6.15. The fourth-order valence-electron chi connectivity index (χ4n) is 4.26. The van der Waals surface area contributed by atoms with Crippen LogP contribution in [0.1, 0.15) is 31.4 Å². The van der Waals surface area contributed by atoms with Gasteiger partial charge in [-0.3, -0.25) is 0 Å². The summed E-state index contributed by atoms with van der Waals surface area (Å²) < 4.78 is 5.45. The number of aromatic nitrogens is 2. The van der Waals surface area contributed by atoms with Crippen LogP contribution in [-0.2, 0) is 10.3 Å². The van der Waals surface area contributed by atoms with Crippen molar-refractivity contribution in [2.24, 2.45) is 11.1 Å². The largest absolute Gasteiger partial charge is 0.497 e. The maximum Gasteiger partial charge on any atom is 0.131 e. The van der Waals surface area contributed by atoms with Crippen LogP contribution in [0.4, 0.5) is 5.82 Å². The van der Waals surface area contributed by atoms with Gasteiger partial charge in [-0.05, 0) is 52.1 Å². The molecule has 1 atom stereocenters. The minimum absolute atomic E-state index is 0.474. The molecule has 4 rings (SSSR count). The summed E-state index contributed by atoms with van der Waals surface area (Å²) in [6.07, 6.45) is 2.65. The predicted octanol–water partition coefficient (Wildman–Crippen LogP) is 2.70. The Morgan fingerprint density at radius 1 is 1.29 bits per heavy atom. The van der Waals surface area contributed by atoms with E-state index in [0.29, 0.717) is 18.3 Å². The summed E-state index contributed by atoms with van der Waals surface area (Å²) in [5.41, 5.74) is 10.2. The van der Waals surface area contributed by atoms with Gasteiger partial charge in [-0.2, -0.15) is 0 Å². The zero-order valence-electron chi connectivity index (χ0n) is 16.9. The molecule has 1 aliphatic heterocycles. The fourth-order valence-corrected chi connectivity index (χ4v) is 4.26. The number of ether oxygens (including phenoxy) is 1. The standard InChI is InChI=1S/C21H27N5O2/c1-21(2)17-18(23-12-24-20(17)22)15-6-5-14(27-4)9-16(15)19(21)25-28-11-13-7-8-26(3)10-13/h5-6,9,12-13H,7-8,10-11H2,1-4H3,(H2,22,23,24)/b25-19+/t13-/m0/s1. The van der Waals surface area contributed by atoms with Gasteiger partial charge < -0.3 is 20.2 Å². The lowest BCUT2D eigenvalue weighted by atomic mass is 9.70. The minimum Gasteiger partial charge on any atom is -0.497 e. The second kappa shape index (κ2) is 7.05. The number of oxime groups is 1. The smallest absolute Gasteiger partial charge is 0.131 e. The molecule has 2 aromatic rings. The topological polar surface area (TPSA) is 85.9 Å². The van der Waals surface area contributed by atoms with Crippen LogP contribution in [0, 0.1) is 5.92 Å². The molecular formula is C21H27N5O2. The van der Waals surface area contributed by atoms with Crippen molar-refractivity contribution in [3.63, 3.8) is 0 Å². The van der Waals surface area contributed by atoms with Crippen molar-refractivity contribution in [1.82, 2.24) is 14.9 Å². The highest BCUT2D eigenvalue weighted by Crippen LogP contribution is 2.45. The number of nitrogens with two attached hydrogens (primary N) is 1. The van der Waals surface area contributed by atoms with Crippen LogP contribution in [0.5, 0.6) is 5.75 Å². The summed E-state index contributed by atoms with van der Waals surface area (Å²) in [5, 5.41) is 4.61. The van der Waals surface area contributed by atoms with E-state index in [1.165, 1.54) is 6.33 Å². The first kappa shape index (κ1) is 18.7. The average molecular weight is 381 g/mol. The molecule has 1 aliphatic carbocycles. The van der Waals surface area contributed by atoms with Gasteiger partial charge in [-0.25, -0.2) is 9.97 Å². The number of fused-ring (bicyclic) bond motifs is 3. The molecule has 0 amide bonds. The Balaban J connectivity index is 1.77. The Bertz CT molecular complexity index is 925. The Labute approximate surface area is 165 Å². The van der Waals surface area contributed by atoms with Crippen molar-refractivity contribution >= 4 is 11.5 Å². The number of methoxy groups -OCH3 is 1. The molecule has 1 aromatic heterocycles. The minimum atomic E-state index is -0.494. The second-order valence-electron chi connectivity index (χ2n) is 8.17. The Morgan fingerprint density at radius 2 is 2.11 bits per heavy atom. The third-order valence-electron chi connectivity index (χ3n) is 5.79. The zero-order chi connectivity index (χ0) is 19.9. The molecule has 1 aromatic carbocycles. The normalized spacial score (nSPS) is 22.0. The summed E-state index contributed by atoms with van der Waals surface area (Å²) in [6, 6.07) is 5.91. The van der Waals surface area contributed by atoms with Crippen molar-refractivity contribution in [3.8, 4) is 17.0 Å². The second-order valence-corrected chi connectivity index (χ2v) is 8.17. The molecule has 28 heavy (non-hydrogen) atoms. The van der Waals surface area contributed by atoms with Gasteiger partial charge in [0.2, 0.25) is 0 Å².